The molecule has 0 aliphatic carbocycles. The van der Waals surface area contributed by atoms with Gasteiger partial charge in [0.1, 0.15) is 11.5 Å². The molecule has 2 amide bonds. The van der Waals surface area contributed by atoms with Crippen LogP contribution < -0.4 is 16.7 Å². The number of carbonyl (C=O) groups excluding carboxylic acids is 3. The van der Waals surface area contributed by atoms with Crippen LogP contribution in [0.15, 0.2) is 40.5 Å². The van der Waals surface area contributed by atoms with Gasteiger partial charge in [0.15, 0.2) is 6.61 Å². The van der Waals surface area contributed by atoms with E-state index in [-0.39, 0.29) is 22.8 Å². The van der Waals surface area contributed by atoms with Gasteiger partial charge in [-0.15, -0.1) is 11.3 Å². The number of thiophene rings is 1. The maximum atomic E-state index is 12.3. The standard InChI is InChI=1S/C17H16N4O5S/c1-20-11-4-2-3-5-12(11)21(17(20)25)8-14(23)26-9-13(22)19-16-10(15(18)24)6-7-27-16/h2-7H,8-9H2,1H3,(H2,18,24)(H,19,22). The lowest BCUT2D eigenvalue weighted by Gasteiger charge is -2.07. The third-order valence-electron chi connectivity index (χ3n) is 3.89. The molecular formula is C17H16N4O5S. The van der Waals surface area contributed by atoms with Crippen molar-refractivity contribution in [1.29, 1.82) is 0 Å². The molecule has 2 heterocycles. The highest BCUT2D eigenvalue weighted by Gasteiger charge is 2.16. The molecular weight excluding hydrogens is 372 g/mol. The fourth-order valence-electron chi connectivity index (χ4n) is 2.60. The number of rotatable bonds is 6. The number of nitrogens with two attached hydrogens (primary N) is 1. The molecule has 0 aliphatic rings. The van der Waals surface area contributed by atoms with Crippen LogP contribution in [0, 0.1) is 0 Å². The monoisotopic (exact) mass is 388 g/mol. The molecule has 0 aliphatic heterocycles. The van der Waals surface area contributed by atoms with E-state index in [0.29, 0.717) is 11.0 Å². The van der Waals surface area contributed by atoms with Crippen LogP contribution in [0.1, 0.15) is 10.4 Å². The summed E-state index contributed by atoms with van der Waals surface area (Å²) in [6, 6.07) is 8.53. The number of nitrogens with one attached hydrogen (secondary N) is 1. The number of aromatic nitrogens is 2. The Kier molecular flexibility index (Phi) is 5.08. The Labute approximate surface area is 156 Å². The number of aryl methyl sites for hydroxylation is 1. The summed E-state index contributed by atoms with van der Waals surface area (Å²) >= 11 is 1.13. The predicted molar refractivity (Wildman–Crippen MR) is 99.6 cm³/mol. The number of benzene rings is 1. The second-order valence-corrected chi connectivity index (χ2v) is 6.57. The summed E-state index contributed by atoms with van der Waals surface area (Å²) in [6.45, 7) is -0.868. The Morgan fingerprint density at radius 3 is 2.59 bits per heavy atom. The van der Waals surface area contributed by atoms with E-state index < -0.39 is 24.4 Å². The number of primary amides is 1. The summed E-state index contributed by atoms with van der Waals surface area (Å²) in [6.07, 6.45) is 0. The number of esters is 1. The summed E-state index contributed by atoms with van der Waals surface area (Å²) in [7, 11) is 1.61. The third-order valence-corrected chi connectivity index (χ3v) is 4.72. The van der Waals surface area contributed by atoms with Crippen molar-refractivity contribution in [2.24, 2.45) is 12.8 Å². The first-order valence-electron chi connectivity index (χ1n) is 7.85. The second-order valence-electron chi connectivity index (χ2n) is 5.65. The van der Waals surface area contributed by atoms with Gasteiger partial charge < -0.3 is 15.8 Å². The van der Waals surface area contributed by atoms with E-state index in [1.807, 2.05) is 0 Å². The minimum Gasteiger partial charge on any atom is -0.454 e. The van der Waals surface area contributed by atoms with Gasteiger partial charge in [-0.2, -0.15) is 0 Å². The SMILES string of the molecule is Cn1c(=O)n(CC(=O)OCC(=O)Nc2sccc2C(N)=O)c2ccccc21. The lowest BCUT2D eigenvalue weighted by Crippen LogP contribution is -2.28. The number of hydrogen-bond donors (Lipinski definition) is 2. The fourth-order valence-corrected chi connectivity index (χ4v) is 3.41. The van der Waals surface area contributed by atoms with Gasteiger partial charge in [0.05, 0.1) is 16.6 Å². The summed E-state index contributed by atoms with van der Waals surface area (Å²) in [4.78, 5) is 47.5. The number of carbonyl (C=O) groups is 3. The van der Waals surface area contributed by atoms with E-state index in [9.17, 15) is 19.2 Å². The second kappa shape index (κ2) is 7.46. The average molecular weight is 388 g/mol. The van der Waals surface area contributed by atoms with Crippen molar-refractivity contribution >= 4 is 45.2 Å². The zero-order valence-electron chi connectivity index (χ0n) is 14.3. The maximum absolute atomic E-state index is 12.3. The van der Waals surface area contributed by atoms with Gasteiger partial charge in [0.25, 0.3) is 11.8 Å². The van der Waals surface area contributed by atoms with Gasteiger partial charge in [0.2, 0.25) is 0 Å². The topological polar surface area (TPSA) is 125 Å². The summed E-state index contributed by atoms with van der Waals surface area (Å²) < 4.78 is 7.64. The molecule has 0 bridgehead atoms. The molecule has 1 aromatic carbocycles. The normalized spacial score (nSPS) is 10.7. The van der Waals surface area contributed by atoms with Crippen molar-refractivity contribution in [3.63, 3.8) is 0 Å². The van der Waals surface area contributed by atoms with Crippen LogP contribution in [0.25, 0.3) is 11.0 Å². The Morgan fingerprint density at radius 2 is 1.89 bits per heavy atom. The predicted octanol–water partition coefficient (Wildman–Crippen LogP) is 0.682. The zero-order valence-corrected chi connectivity index (χ0v) is 15.1. The van der Waals surface area contributed by atoms with Gasteiger partial charge in [0, 0.05) is 7.05 Å². The Morgan fingerprint density at radius 1 is 1.19 bits per heavy atom. The lowest BCUT2D eigenvalue weighted by molar-refractivity contribution is -0.147. The maximum Gasteiger partial charge on any atom is 0.329 e. The van der Waals surface area contributed by atoms with Crippen molar-refractivity contribution in [2.75, 3.05) is 11.9 Å². The van der Waals surface area contributed by atoms with E-state index in [1.54, 1.807) is 36.7 Å². The van der Waals surface area contributed by atoms with E-state index >= 15 is 0 Å². The molecule has 0 fully saturated rings. The summed E-state index contributed by atoms with van der Waals surface area (Å²) in [5.41, 5.74) is 6.30. The molecule has 0 radical (unpaired) electrons. The number of hydrogen-bond acceptors (Lipinski definition) is 6. The molecule has 3 rings (SSSR count). The molecule has 140 valence electrons. The first-order valence-corrected chi connectivity index (χ1v) is 8.73. The molecule has 0 saturated heterocycles. The minimum atomic E-state index is -0.732. The Balaban J connectivity index is 1.63. The van der Waals surface area contributed by atoms with Crippen molar-refractivity contribution in [3.8, 4) is 0 Å². The molecule has 0 saturated carbocycles. The highest BCUT2D eigenvalue weighted by molar-refractivity contribution is 7.14. The molecule has 10 heteroatoms. The quantitative estimate of drug-likeness (QED) is 0.601. The number of nitrogens with zero attached hydrogens (tertiary/aromatic N) is 2. The number of ether oxygens (including phenoxy) is 1. The van der Waals surface area contributed by atoms with Gasteiger partial charge in [-0.25, -0.2) is 4.79 Å². The first kappa shape index (κ1) is 18.4. The van der Waals surface area contributed by atoms with Crippen molar-refractivity contribution in [3.05, 3.63) is 51.8 Å². The number of imidazole rings is 1. The van der Waals surface area contributed by atoms with Crippen molar-refractivity contribution in [1.82, 2.24) is 9.13 Å². The average Bonchev–Trinajstić information content (AvgIpc) is 3.19. The molecule has 3 aromatic rings. The largest absolute Gasteiger partial charge is 0.454 e. The first-order chi connectivity index (χ1) is 12.9. The highest BCUT2D eigenvalue weighted by Crippen LogP contribution is 2.22. The van der Waals surface area contributed by atoms with Crippen LogP contribution in [0.3, 0.4) is 0 Å². The number of fused-ring (bicyclic) bond motifs is 1. The fraction of sp³-hybridized carbons (Fsp3) is 0.176. The van der Waals surface area contributed by atoms with E-state index in [2.05, 4.69) is 5.32 Å². The van der Waals surface area contributed by atoms with Crippen LogP contribution in [-0.2, 0) is 27.9 Å². The number of anilines is 1. The Bertz CT molecular complexity index is 1090. The van der Waals surface area contributed by atoms with Gasteiger partial charge in [-0.05, 0) is 23.6 Å². The van der Waals surface area contributed by atoms with E-state index in [0.717, 1.165) is 11.3 Å². The molecule has 9 nitrogen and oxygen atoms in total. The van der Waals surface area contributed by atoms with Gasteiger partial charge in [-0.1, -0.05) is 12.1 Å². The van der Waals surface area contributed by atoms with Crippen LogP contribution in [0.4, 0.5) is 5.00 Å². The highest BCUT2D eigenvalue weighted by atomic mass is 32.1. The summed E-state index contributed by atoms with van der Waals surface area (Å²) in [5.74, 6) is -2.01. The van der Waals surface area contributed by atoms with Crippen LogP contribution >= 0.6 is 11.3 Å². The van der Waals surface area contributed by atoms with Gasteiger partial charge >= 0.3 is 11.7 Å². The Hall–Kier alpha value is -3.40. The summed E-state index contributed by atoms with van der Waals surface area (Å²) in [5, 5.41) is 4.36. The minimum absolute atomic E-state index is 0.182. The molecule has 0 spiro atoms. The molecule has 0 unspecified atom stereocenters. The van der Waals surface area contributed by atoms with E-state index in [4.69, 9.17) is 10.5 Å². The third kappa shape index (κ3) is 3.75. The molecule has 3 N–H and O–H groups in total. The van der Waals surface area contributed by atoms with Crippen LogP contribution in [0.5, 0.6) is 0 Å². The van der Waals surface area contributed by atoms with Crippen molar-refractivity contribution in [2.45, 2.75) is 6.54 Å². The molecule has 27 heavy (non-hydrogen) atoms. The van der Waals surface area contributed by atoms with Crippen LogP contribution in [-0.4, -0.2) is 33.5 Å². The van der Waals surface area contributed by atoms with Crippen molar-refractivity contribution < 1.29 is 19.1 Å². The van der Waals surface area contributed by atoms with Gasteiger partial charge in [-0.3, -0.25) is 23.5 Å². The number of para-hydroxylation sites is 2. The smallest absolute Gasteiger partial charge is 0.329 e. The zero-order chi connectivity index (χ0) is 19.6. The van der Waals surface area contributed by atoms with E-state index in [1.165, 1.54) is 15.2 Å². The molecule has 2 aromatic heterocycles. The van der Waals surface area contributed by atoms with Crippen LogP contribution in [0.2, 0.25) is 0 Å². The lowest BCUT2D eigenvalue weighted by atomic mass is 10.3. The number of amides is 2. The molecule has 0 atom stereocenters.